The van der Waals surface area contributed by atoms with Crippen LogP contribution in [0.3, 0.4) is 0 Å². The molecule has 1 aromatic rings. The van der Waals surface area contributed by atoms with Crippen molar-refractivity contribution in [2.45, 2.75) is 65.3 Å². The average molecular weight is 282 g/mol. The van der Waals surface area contributed by atoms with Crippen LogP contribution in [0.1, 0.15) is 64.6 Å². The van der Waals surface area contributed by atoms with E-state index >= 15 is 0 Å². The molecule has 0 aliphatic carbocycles. The van der Waals surface area contributed by atoms with E-state index < -0.39 is 6.09 Å². The van der Waals surface area contributed by atoms with Crippen LogP contribution in [0.15, 0.2) is 0 Å². The van der Waals surface area contributed by atoms with Gasteiger partial charge in [-0.3, -0.25) is 0 Å². The van der Waals surface area contributed by atoms with E-state index in [-0.39, 0.29) is 6.04 Å². The van der Waals surface area contributed by atoms with Crippen molar-refractivity contribution in [1.29, 1.82) is 0 Å². The molecule has 1 aromatic heterocycles. The highest BCUT2D eigenvalue weighted by molar-refractivity contribution is 5.71. The summed E-state index contributed by atoms with van der Waals surface area (Å²) in [6.45, 7) is 6.20. The SMILES string of the molecule is CCCCCCC(C)n1nc(CC)c(OC(N)=O)c1N. The zero-order valence-electron chi connectivity index (χ0n) is 12.7. The number of anilines is 1. The predicted octanol–water partition coefficient (Wildman–Crippen LogP) is 3.02. The van der Waals surface area contributed by atoms with Crippen LogP contribution in [0.5, 0.6) is 5.75 Å². The van der Waals surface area contributed by atoms with Gasteiger partial charge in [0.25, 0.3) is 0 Å². The Labute approximate surface area is 120 Å². The van der Waals surface area contributed by atoms with Gasteiger partial charge in [-0.25, -0.2) is 9.48 Å². The lowest BCUT2D eigenvalue weighted by Crippen LogP contribution is -2.17. The van der Waals surface area contributed by atoms with Gasteiger partial charge in [0, 0.05) is 0 Å². The molecule has 0 radical (unpaired) electrons. The van der Waals surface area contributed by atoms with Crippen molar-refractivity contribution in [3.63, 3.8) is 0 Å². The lowest BCUT2D eigenvalue weighted by Gasteiger charge is -2.13. The molecule has 0 saturated heterocycles. The van der Waals surface area contributed by atoms with Crippen molar-refractivity contribution in [2.75, 3.05) is 5.73 Å². The molecule has 4 N–H and O–H groups in total. The van der Waals surface area contributed by atoms with Gasteiger partial charge >= 0.3 is 6.09 Å². The lowest BCUT2D eigenvalue weighted by atomic mass is 10.1. The molecule has 6 heteroatoms. The van der Waals surface area contributed by atoms with Crippen molar-refractivity contribution < 1.29 is 9.53 Å². The Morgan fingerprint density at radius 3 is 2.60 bits per heavy atom. The summed E-state index contributed by atoms with van der Waals surface area (Å²) in [6.07, 6.45) is 5.61. The Bertz CT molecular complexity index is 443. The number of aromatic nitrogens is 2. The van der Waals surface area contributed by atoms with Gasteiger partial charge in [-0.15, -0.1) is 0 Å². The normalized spacial score (nSPS) is 12.3. The lowest BCUT2D eigenvalue weighted by molar-refractivity contribution is 0.210. The van der Waals surface area contributed by atoms with Crippen LogP contribution in [-0.2, 0) is 6.42 Å². The first-order valence-corrected chi connectivity index (χ1v) is 7.35. The quantitative estimate of drug-likeness (QED) is 0.716. The molecule has 0 spiro atoms. The third-order valence-corrected chi connectivity index (χ3v) is 3.40. The predicted molar refractivity (Wildman–Crippen MR) is 79.7 cm³/mol. The molecule has 6 nitrogen and oxygen atoms in total. The van der Waals surface area contributed by atoms with E-state index in [1.54, 1.807) is 4.68 Å². The van der Waals surface area contributed by atoms with E-state index in [1.165, 1.54) is 19.3 Å². The van der Waals surface area contributed by atoms with Crippen LogP contribution >= 0.6 is 0 Å². The molecule has 114 valence electrons. The summed E-state index contributed by atoms with van der Waals surface area (Å²) in [5.74, 6) is 0.684. The molecular weight excluding hydrogens is 256 g/mol. The summed E-state index contributed by atoms with van der Waals surface area (Å²) in [5, 5.41) is 4.44. The molecule has 1 unspecified atom stereocenters. The highest BCUT2D eigenvalue weighted by atomic mass is 16.5. The highest BCUT2D eigenvalue weighted by Crippen LogP contribution is 2.30. The second-order valence-corrected chi connectivity index (χ2v) is 5.08. The molecule has 20 heavy (non-hydrogen) atoms. The highest BCUT2D eigenvalue weighted by Gasteiger charge is 2.20. The topological polar surface area (TPSA) is 96.2 Å². The zero-order chi connectivity index (χ0) is 15.1. The number of nitrogens with two attached hydrogens (primary N) is 2. The van der Waals surface area contributed by atoms with E-state index in [0.29, 0.717) is 23.7 Å². The minimum Gasteiger partial charge on any atom is -0.405 e. The van der Waals surface area contributed by atoms with E-state index in [2.05, 4.69) is 18.9 Å². The first-order chi connectivity index (χ1) is 9.51. The minimum atomic E-state index is -0.860. The molecular formula is C14H26N4O2. The number of carbonyl (C=O) groups excluding carboxylic acids is 1. The molecule has 0 aromatic carbocycles. The number of amides is 1. The molecule has 1 heterocycles. The van der Waals surface area contributed by atoms with Gasteiger partial charge < -0.3 is 16.2 Å². The molecule has 0 fully saturated rings. The summed E-state index contributed by atoms with van der Waals surface area (Å²) < 4.78 is 6.71. The van der Waals surface area contributed by atoms with E-state index in [4.69, 9.17) is 16.2 Å². The standard InChI is InChI=1S/C14H26N4O2/c1-4-6-7-8-9-10(3)18-13(15)12(20-14(16)19)11(5-2)17-18/h10H,4-9,15H2,1-3H3,(H2,16,19). The number of nitrogens with zero attached hydrogens (tertiary/aromatic N) is 2. The second-order valence-electron chi connectivity index (χ2n) is 5.08. The number of hydrogen-bond donors (Lipinski definition) is 2. The fourth-order valence-corrected chi connectivity index (χ4v) is 2.25. The maximum absolute atomic E-state index is 10.9. The number of aryl methyl sites for hydroxylation is 1. The maximum atomic E-state index is 10.9. The number of rotatable bonds is 8. The Kier molecular flexibility index (Phi) is 6.35. The van der Waals surface area contributed by atoms with Crippen molar-refractivity contribution in [1.82, 2.24) is 9.78 Å². The molecule has 0 bridgehead atoms. The number of ether oxygens (including phenoxy) is 1. The number of hydrogen-bond acceptors (Lipinski definition) is 4. The molecule has 1 atom stereocenters. The van der Waals surface area contributed by atoms with Gasteiger partial charge in [0.15, 0.2) is 11.6 Å². The zero-order valence-corrected chi connectivity index (χ0v) is 12.7. The summed E-state index contributed by atoms with van der Waals surface area (Å²) >= 11 is 0. The average Bonchev–Trinajstić information content (AvgIpc) is 2.71. The second kappa shape index (κ2) is 7.77. The van der Waals surface area contributed by atoms with Crippen molar-refractivity contribution in [3.8, 4) is 5.75 Å². The molecule has 0 aliphatic rings. The van der Waals surface area contributed by atoms with Crippen LogP contribution in [0.2, 0.25) is 0 Å². The van der Waals surface area contributed by atoms with Crippen molar-refractivity contribution in [3.05, 3.63) is 5.69 Å². The molecule has 0 saturated carbocycles. The summed E-state index contributed by atoms with van der Waals surface area (Å²) in [7, 11) is 0. The summed E-state index contributed by atoms with van der Waals surface area (Å²) in [6, 6.07) is 0.183. The largest absolute Gasteiger partial charge is 0.410 e. The molecule has 1 amide bonds. The summed E-state index contributed by atoms with van der Waals surface area (Å²) in [5.41, 5.74) is 11.8. The van der Waals surface area contributed by atoms with Gasteiger partial charge in [0.05, 0.1) is 6.04 Å². The minimum absolute atomic E-state index is 0.183. The van der Waals surface area contributed by atoms with Crippen molar-refractivity contribution >= 4 is 11.9 Å². The first kappa shape index (κ1) is 16.3. The van der Waals surface area contributed by atoms with E-state index in [1.807, 2.05) is 6.92 Å². The summed E-state index contributed by atoms with van der Waals surface area (Å²) in [4.78, 5) is 10.9. The third-order valence-electron chi connectivity index (χ3n) is 3.40. The molecule has 0 aliphatic heterocycles. The number of nitrogen functional groups attached to an aromatic ring is 1. The maximum Gasteiger partial charge on any atom is 0.410 e. The Hall–Kier alpha value is -1.72. The van der Waals surface area contributed by atoms with Crippen LogP contribution in [0, 0.1) is 0 Å². The number of unbranched alkanes of at least 4 members (excludes halogenated alkanes) is 3. The van der Waals surface area contributed by atoms with Gasteiger partial charge in [-0.05, 0) is 19.8 Å². The van der Waals surface area contributed by atoms with Crippen LogP contribution < -0.4 is 16.2 Å². The van der Waals surface area contributed by atoms with Gasteiger partial charge in [-0.2, -0.15) is 5.10 Å². The van der Waals surface area contributed by atoms with E-state index in [0.717, 1.165) is 12.8 Å². The smallest absolute Gasteiger partial charge is 0.405 e. The molecule has 1 rings (SSSR count). The van der Waals surface area contributed by atoms with Gasteiger partial charge in [0.2, 0.25) is 0 Å². The Balaban J connectivity index is 2.79. The third kappa shape index (κ3) is 4.15. The Morgan fingerprint density at radius 1 is 1.35 bits per heavy atom. The van der Waals surface area contributed by atoms with Crippen LogP contribution in [-0.4, -0.2) is 15.9 Å². The van der Waals surface area contributed by atoms with Crippen LogP contribution in [0.4, 0.5) is 10.6 Å². The number of primary amides is 1. The monoisotopic (exact) mass is 282 g/mol. The number of carbonyl (C=O) groups is 1. The van der Waals surface area contributed by atoms with Crippen molar-refractivity contribution in [2.24, 2.45) is 5.73 Å². The van der Waals surface area contributed by atoms with E-state index in [9.17, 15) is 4.79 Å². The van der Waals surface area contributed by atoms with Gasteiger partial charge in [0.1, 0.15) is 5.69 Å². The first-order valence-electron chi connectivity index (χ1n) is 7.35. The fourth-order valence-electron chi connectivity index (χ4n) is 2.25. The Morgan fingerprint density at radius 2 is 2.05 bits per heavy atom. The van der Waals surface area contributed by atoms with Gasteiger partial charge in [-0.1, -0.05) is 39.5 Å². The fraction of sp³-hybridized carbons (Fsp3) is 0.714. The van der Waals surface area contributed by atoms with Crippen LogP contribution in [0.25, 0.3) is 0 Å².